The van der Waals surface area contributed by atoms with Crippen molar-refractivity contribution in [3.05, 3.63) is 29.8 Å². The standard InChI is InChI=1S/C14H18F4N2/c1-19-13(11-6-7-20-8-12(11)15)9-2-4-10(5-3-9)14(16,17)18/h6-10,13,19H,2-5H2,1H3. The van der Waals surface area contributed by atoms with Crippen LogP contribution in [-0.2, 0) is 0 Å². The zero-order valence-electron chi connectivity index (χ0n) is 11.3. The van der Waals surface area contributed by atoms with Crippen LogP contribution in [0.25, 0.3) is 0 Å². The van der Waals surface area contributed by atoms with Crippen LogP contribution in [0.15, 0.2) is 18.5 Å². The van der Waals surface area contributed by atoms with Crippen LogP contribution in [0.4, 0.5) is 17.6 Å². The minimum atomic E-state index is -4.11. The van der Waals surface area contributed by atoms with Crippen molar-refractivity contribution in [1.29, 1.82) is 0 Å². The fourth-order valence-corrected chi connectivity index (χ4v) is 3.06. The van der Waals surface area contributed by atoms with E-state index < -0.39 is 17.9 Å². The molecule has 0 bridgehead atoms. The second-order valence-corrected chi connectivity index (χ2v) is 5.32. The molecule has 1 aliphatic carbocycles. The van der Waals surface area contributed by atoms with E-state index >= 15 is 0 Å². The molecule has 1 saturated carbocycles. The van der Waals surface area contributed by atoms with Gasteiger partial charge in [-0.1, -0.05) is 0 Å². The van der Waals surface area contributed by atoms with Gasteiger partial charge in [-0.2, -0.15) is 13.2 Å². The van der Waals surface area contributed by atoms with Crippen molar-refractivity contribution < 1.29 is 17.6 Å². The Labute approximate surface area is 115 Å². The zero-order valence-corrected chi connectivity index (χ0v) is 11.3. The Morgan fingerprint density at radius 1 is 1.25 bits per heavy atom. The molecule has 6 heteroatoms. The Kier molecular flexibility index (Phi) is 4.62. The monoisotopic (exact) mass is 290 g/mol. The largest absolute Gasteiger partial charge is 0.391 e. The molecular formula is C14H18F4N2. The highest BCUT2D eigenvalue weighted by molar-refractivity contribution is 5.18. The molecule has 1 fully saturated rings. The molecule has 1 unspecified atom stereocenters. The van der Waals surface area contributed by atoms with E-state index in [1.165, 1.54) is 6.20 Å². The van der Waals surface area contributed by atoms with Gasteiger partial charge in [-0.25, -0.2) is 4.39 Å². The number of alkyl halides is 3. The lowest BCUT2D eigenvalue weighted by Crippen LogP contribution is -2.33. The maximum absolute atomic E-state index is 13.8. The van der Waals surface area contributed by atoms with Crippen LogP contribution in [0, 0.1) is 17.7 Å². The van der Waals surface area contributed by atoms with Crippen molar-refractivity contribution in [2.45, 2.75) is 37.9 Å². The Morgan fingerprint density at radius 3 is 2.40 bits per heavy atom. The average Bonchev–Trinajstić information content (AvgIpc) is 2.41. The fourth-order valence-electron chi connectivity index (χ4n) is 3.06. The first-order chi connectivity index (χ1) is 9.43. The van der Waals surface area contributed by atoms with Crippen LogP contribution < -0.4 is 5.32 Å². The number of hydrogen-bond acceptors (Lipinski definition) is 2. The summed E-state index contributed by atoms with van der Waals surface area (Å²) in [6, 6.07) is 1.33. The summed E-state index contributed by atoms with van der Waals surface area (Å²) in [4.78, 5) is 3.70. The summed E-state index contributed by atoms with van der Waals surface area (Å²) in [5, 5.41) is 3.03. The first kappa shape index (κ1) is 15.2. The summed E-state index contributed by atoms with van der Waals surface area (Å²) in [5.41, 5.74) is 0.484. The number of hydrogen-bond donors (Lipinski definition) is 1. The first-order valence-corrected chi connectivity index (χ1v) is 6.77. The number of nitrogens with zero attached hydrogens (tertiary/aromatic N) is 1. The van der Waals surface area contributed by atoms with Gasteiger partial charge in [-0.15, -0.1) is 0 Å². The van der Waals surface area contributed by atoms with E-state index in [4.69, 9.17) is 0 Å². The van der Waals surface area contributed by atoms with Crippen LogP contribution in [-0.4, -0.2) is 18.2 Å². The fraction of sp³-hybridized carbons (Fsp3) is 0.643. The summed E-state index contributed by atoms with van der Waals surface area (Å²) in [7, 11) is 1.71. The number of rotatable bonds is 3. The Hall–Kier alpha value is -1.17. The van der Waals surface area contributed by atoms with Gasteiger partial charge in [0.2, 0.25) is 0 Å². The molecule has 20 heavy (non-hydrogen) atoms. The zero-order chi connectivity index (χ0) is 14.8. The third kappa shape index (κ3) is 3.29. The number of nitrogens with one attached hydrogen (secondary N) is 1. The van der Waals surface area contributed by atoms with E-state index in [-0.39, 0.29) is 24.8 Å². The number of aromatic nitrogens is 1. The van der Waals surface area contributed by atoms with Crippen molar-refractivity contribution >= 4 is 0 Å². The number of pyridine rings is 1. The summed E-state index contributed by atoms with van der Waals surface area (Å²) in [5.74, 6) is -1.60. The minimum Gasteiger partial charge on any atom is -0.313 e. The molecule has 1 aromatic rings. The molecule has 112 valence electrons. The quantitative estimate of drug-likeness (QED) is 0.855. The summed E-state index contributed by atoms with van der Waals surface area (Å²) in [6.07, 6.45) is -0.305. The SMILES string of the molecule is CNC(c1ccncc1F)C1CCC(C(F)(F)F)CC1. The molecule has 2 nitrogen and oxygen atoms in total. The predicted molar refractivity (Wildman–Crippen MR) is 67.5 cm³/mol. The highest BCUT2D eigenvalue weighted by Gasteiger charge is 2.42. The molecule has 1 aromatic heterocycles. The highest BCUT2D eigenvalue weighted by atomic mass is 19.4. The van der Waals surface area contributed by atoms with Gasteiger partial charge in [0.15, 0.2) is 0 Å². The van der Waals surface area contributed by atoms with Gasteiger partial charge in [0.25, 0.3) is 0 Å². The molecule has 1 aliphatic rings. The Bertz CT molecular complexity index is 439. The van der Waals surface area contributed by atoms with Crippen LogP contribution >= 0.6 is 0 Å². The van der Waals surface area contributed by atoms with Gasteiger partial charge in [-0.3, -0.25) is 4.98 Å². The third-order valence-corrected chi connectivity index (χ3v) is 4.16. The molecule has 0 radical (unpaired) electrons. The average molecular weight is 290 g/mol. The normalized spacial score (nSPS) is 25.4. The van der Waals surface area contributed by atoms with Crippen LogP contribution in [0.1, 0.15) is 37.3 Å². The molecule has 2 rings (SSSR count). The summed E-state index contributed by atoms with van der Waals surface area (Å²) >= 11 is 0. The molecule has 1 atom stereocenters. The smallest absolute Gasteiger partial charge is 0.313 e. The third-order valence-electron chi connectivity index (χ3n) is 4.16. The lowest BCUT2D eigenvalue weighted by atomic mass is 9.76. The lowest BCUT2D eigenvalue weighted by Gasteiger charge is -2.34. The maximum Gasteiger partial charge on any atom is 0.391 e. The van der Waals surface area contributed by atoms with E-state index in [9.17, 15) is 17.6 Å². The van der Waals surface area contributed by atoms with Crippen molar-refractivity contribution in [3.63, 3.8) is 0 Å². The van der Waals surface area contributed by atoms with E-state index in [1.807, 2.05) is 0 Å². The van der Waals surface area contributed by atoms with E-state index in [1.54, 1.807) is 13.1 Å². The van der Waals surface area contributed by atoms with Crippen molar-refractivity contribution in [2.75, 3.05) is 7.05 Å². The number of halogens is 4. The predicted octanol–water partition coefficient (Wildman–Crippen LogP) is 3.85. The van der Waals surface area contributed by atoms with Crippen LogP contribution in [0.3, 0.4) is 0 Å². The van der Waals surface area contributed by atoms with Gasteiger partial charge in [0.05, 0.1) is 12.1 Å². The second-order valence-electron chi connectivity index (χ2n) is 5.32. The maximum atomic E-state index is 13.8. The molecule has 0 amide bonds. The van der Waals surface area contributed by atoms with Gasteiger partial charge >= 0.3 is 6.18 Å². The molecule has 0 spiro atoms. The van der Waals surface area contributed by atoms with Gasteiger partial charge in [-0.05, 0) is 44.7 Å². The van der Waals surface area contributed by atoms with Gasteiger partial charge < -0.3 is 5.32 Å². The molecule has 0 aromatic carbocycles. The summed E-state index contributed by atoms with van der Waals surface area (Å²) in [6.45, 7) is 0. The molecule has 1 heterocycles. The highest BCUT2D eigenvalue weighted by Crippen LogP contribution is 2.43. The molecular weight excluding hydrogens is 272 g/mol. The van der Waals surface area contributed by atoms with Crippen molar-refractivity contribution in [3.8, 4) is 0 Å². The molecule has 1 N–H and O–H groups in total. The van der Waals surface area contributed by atoms with Crippen LogP contribution in [0.5, 0.6) is 0 Å². The van der Waals surface area contributed by atoms with E-state index in [0.717, 1.165) is 6.20 Å². The summed E-state index contributed by atoms with van der Waals surface area (Å²) < 4.78 is 51.7. The Morgan fingerprint density at radius 2 is 1.90 bits per heavy atom. The lowest BCUT2D eigenvalue weighted by molar-refractivity contribution is -0.184. The van der Waals surface area contributed by atoms with Crippen LogP contribution in [0.2, 0.25) is 0 Å². The van der Waals surface area contributed by atoms with Gasteiger partial charge in [0.1, 0.15) is 5.82 Å². The van der Waals surface area contributed by atoms with Crippen molar-refractivity contribution in [1.82, 2.24) is 10.3 Å². The molecule has 0 saturated heterocycles. The first-order valence-electron chi connectivity index (χ1n) is 6.77. The van der Waals surface area contributed by atoms with Crippen molar-refractivity contribution in [2.24, 2.45) is 11.8 Å². The van der Waals surface area contributed by atoms with E-state index in [0.29, 0.717) is 18.4 Å². The Balaban J connectivity index is 2.06. The topological polar surface area (TPSA) is 24.9 Å². The second kappa shape index (κ2) is 6.08. The van der Waals surface area contributed by atoms with Gasteiger partial charge in [0, 0.05) is 17.8 Å². The van der Waals surface area contributed by atoms with E-state index in [2.05, 4.69) is 10.3 Å². The minimum absolute atomic E-state index is 0.0236. The molecule has 0 aliphatic heterocycles.